The molecule has 0 aliphatic rings. The highest BCUT2D eigenvalue weighted by atomic mass is 79.9. The second-order valence-electron chi connectivity index (χ2n) is 3.51. The first-order chi connectivity index (χ1) is 8.63. The maximum atomic E-state index is 9.23. The summed E-state index contributed by atoms with van der Waals surface area (Å²) in [4.78, 5) is 0.862. The molecule has 1 aromatic carbocycles. The van der Waals surface area contributed by atoms with Gasteiger partial charge in [-0.1, -0.05) is 23.7 Å². The molecule has 0 saturated heterocycles. The minimum Gasteiger partial charge on any atom is -0.397 e. The van der Waals surface area contributed by atoms with Crippen LogP contribution in [0.1, 0.15) is 10.4 Å². The van der Waals surface area contributed by atoms with Gasteiger partial charge in [0.05, 0.1) is 16.3 Å². The molecule has 0 aliphatic carbocycles. The number of hydrogen-bond donors (Lipinski definition) is 1. The third kappa shape index (κ3) is 2.59. The molecule has 0 bridgehead atoms. The van der Waals surface area contributed by atoms with Crippen molar-refractivity contribution in [2.45, 2.75) is 0 Å². The van der Waals surface area contributed by atoms with Gasteiger partial charge in [-0.2, -0.15) is 5.26 Å². The van der Waals surface area contributed by atoms with E-state index in [0.29, 0.717) is 16.3 Å². The van der Waals surface area contributed by atoms with Crippen molar-refractivity contribution in [2.24, 2.45) is 5.73 Å². The van der Waals surface area contributed by atoms with Gasteiger partial charge >= 0.3 is 0 Å². The molecule has 0 unspecified atom stereocenters. The Morgan fingerprint density at radius 2 is 2.17 bits per heavy atom. The Balaban J connectivity index is 2.54. The first kappa shape index (κ1) is 13.2. The van der Waals surface area contributed by atoms with Gasteiger partial charge in [-0.05, 0) is 39.5 Å². The van der Waals surface area contributed by atoms with Crippen LogP contribution in [0.25, 0.3) is 11.3 Å². The second kappa shape index (κ2) is 5.57. The van der Waals surface area contributed by atoms with E-state index in [9.17, 15) is 5.26 Å². The van der Waals surface area contributed by atoms with E-state index < -0.39 is 0 Å². The second-order valence-corrected chi connectivity index (χ2v) is 5.72. The zero-order chi connectivity index (χ0) is 13.1. The van der Waals surface area contributed by atoms with Crippen LogP contribution in [0.2, 0.25) is 5.02 Å². The number of nitrogens with zero attached hydrogens (tertiary/aromatic N) is 1. The van der Waals surface area contributed by atoms with Crippen molar-refractivity contribution in [1.29, 1.82) is 5.26 Å². The molecule has 0 radical (unpaired) electrons. The van der Waals surface area contributed by atoms with Crippen molar-refractivity contribution in [1.82, 2.24) is 0 Å². The third-order valence-electron chi connectivity index (χ3n) is 2.38. The quantitative estimate of drug-likeness (QED) is 0.818. The van der Waals surface area contributed by atoms with Crippen LogP contribution in [0.5, 0.6) is 0 Å². The number of nitrogens with two attached hydrogens (primary N) is 1. The number of allylic oxidation sites excluding steroid dienone is 1. The Morgan fingerprint density at radius 1 is 1.39 bits per heavy atom. The maximum absolute atomic E-state index is 9.23. The first-order valence-corrected chi connectivity index (χ1v) is 7.07. The van der Waals surface area contributed by atoms with E-state index in [0.717, 1.165) is 14.9 Å². The lowest BCUT2D eigenvalue weighted by atomic mass is 10.1. The summed E-state index contributed by atoms with van der Waals surface area (Å²) in [5, 5.41) is 11.8. The molecule has 2 nitrogen and oxygen atoms in total. The summed E-state index contributed by atoms with van der Waals surface area (Å²) in [6.45, 7) is 0. The van der Waals surface area contributed by atoms with Gasteiger partial charge in [-0.25, -0.2) is 0 Å². The number of hydrogen-bond acceptors (Lipinski definition) is 3. The van der Waals surface area contributed by atoms with Crippen molar-refractivity contribution in [2.75, 3.05) is 0 Å². The molecule has 2 rings (SSSR count). The van der Waals surface area contributed by atoms with E-state index in [1.54, 1.807) is 12.1 Å². The van der Waals surface area contributed by atoms with Crippen LogP contribution in [0.15, 0.2) is 40.2 Å². The standard InChI is InChI=1S/C13H8BrClN2S/c14-10-6-8(3-4-11(10)15)13(17)9(7-16)12-2-1-5-18-12/h1-6H,17H2/b13-9-. The van der Waals surface area contributed by atoms with Gasteiger partial charge < -0.3 is 5.73 Å². The summed E-state index contributed by atoms with van der Waals surface area (Å²) in [7, 11) is 0. The third-order valence-corrected chi connectivity index (χ3v) is 4.48. The largest absolute Gasteiger partial charge is 0.397 e. The van der Waals surface area contributed by atoms with Gasteiger partial charge in [0.25, 0.3) is 0 Å². The topological polar surface area (TPSA) is 49.8 Å². The average molecular weight is 340 g/mol. The number of thiophene rings is 1. The van der Waals surface area contributed by atoms with Crippen LogP contribution in [0.3, 0.4) is 0 Å². The van der Waals surface area contributed by atoms with Crippen molar-refractivity contribution >= 4 is 50.1 Å². The van der Waals surface area contributed by atoms with Gasteiger partial charge in [0.15, 0.2) is 0 Å². The van der Waals surface area contributed by atoms with Crippen LogP contribution in [-0.2, 0) is 0 Å². The van der Waals surface area contributed by atoms with Crippen LogP contribution in [0.4, 0.5) is 0 Å². The zero-order valence-electron chi connectivity index (χ0n) is 9.15. The van der Waals surface area contributed by atoms with E-state index in [1.807, 2.05) is 23.6 Å². The van der Waals surface area contributed by atoms with Crippen LogP contribution in [-0.4, -0.2) is 0 Å². The van der Waals surface area contributed by atoms with Crippen LogP contribution in [0, 0.1) is 11.3 Å². The molecular weight excluding hydrogens is 332 g/mol. The minimum atomic E-state index is 0.456. The average Bonchev–Trinajstić information content (AvgIpc) is 2.87. The molecule has 5 heteroatoms. The Morgan fingerprint density at radius 3 is 2.72 bits per heavy atom. The molecule has 1 aromatic heterocycles. The Labute approximate surface area is 122 Å². The lowest BCUT2D eigenvalue weighted by molar-refractivity contribution is 1.48. The summed E-state index contributed by atoms with van der Waals surface area (Å²) in [5.41, 5.74) is 7.78. The highest BCUT2D eigenvalue weighted by Gasteiger charge is 2.10. The smallest absolute Gasteiger partial charge is 0.103 e. The van der Waals surface area contributed by atoms with Gasteiger partial charge in [0.2, 0.25) is 0 Å². The van der Waals surface area contributed by atoms with Gasteiger partial charge in [0, 0.05) is 14.9 Å². The maximum Gasteiger partial charge on any atom is 0.103 e. The summed E-state index contributed by atoms with van der Waals surface area (Å²) in [6, 6.07) is 11.3. The van der Waals surface area contributed by atoms with Crippen molar-refractivity contribution in [3.05, 3.63) is 55.6 Å². The predicted molar refractivity (Wildman–Crippen MR) is 80.1 cm³/mol. The molecule has 0 atom stereocenters. The van der Waals surface area contributed by atoms with E-state index in [1.165, 1.54) is 11.3 Å². The van der Waals surface area contributed by atoms with Crippen molar-refractivity contribution < 1.29 is 0 Å². The fourth-order valence-corrected chi connectivity index (χ4v) is 2.71. The lowest BCUT2D eigenvalue weighted by Gasteiger charge is -2.06. The van der Waals surface area contributed by atoms with Crippen LogP contribution >= 0.6 is 38.9 Å². The molecular formula is C13H8BrClN2S. The first-order valence-electron chi connectivity index (χ1n) is 5.02. The number of halogens is 2. The molecule has 2 aromatic rings. The summed E-state index contributed by atoms with van der Waals surface area (Å²) < 4.78 is 0.757. The summed E-state index contributed by atoms with van der Waals surface area (Å²) >= 11 is 10.8. The van der Waals surface area contributed by atoms with Gasteiger partial charge in [-0.15, -0.1) is 11.3 Å². The van der Waals surface area contributed by atoms with Crippen molar-refractivity contribution in [3.63, 3.8) is 0 Å². The highest BCUT2D eigenvalue weighted by Crippen LogP contribution is 2.29. The van der Waals surface area contributed by atoms with Gasteiger partial charge in [-0.3, -0.25) is 0 Å². The fourth-order valence-electron chi connectivity index (χ4n) is 1.48. The van der Waals surface area contributed by atoms with Gasteiger partial charge in [0.1, 0.15) is 6.07 Å². The molecule has 0 saturated carbocycles. The predicted octanol–water partition coefficient (Wildman–Crippen LogP) is 4.51. The van der Waals surface area contributed by atoms with Crippen molar-refractivity contribution in [3.8, 4) is 6.07 Å². The minimum absolute atomic E-state index is 0.456. The Kier molecular flexibility index (Phi) is 4.07. The monoisotopic (exact) mass is 338 g/mol. The van der Waals surface area contributed by atoms with E-state index in [2.05, 4.69) is 22.0 Å². The molecule has 0 spiro atoms. The SMILES string of the molecule is N#C/C(=C(/N)c1ccc(Cl)c(Br)c1)c1cccs1. The molecule has 0 fully saturated rings. The van der Waals surface area contributed by atoms with Crippen LogP contribution < -0.4 is 5.73 Å². The molecule has 0 amide bonds. The molecule has 90 valence electrons. The molecule has 2 N–H and O–H groups in total. The fraction of sp³-hybridized carbons (Fsp3) is 0. The molecule has 0 aliphatic heterocycles. The summed E-state index contributed by atoms with van der Waals surface area (Å²) in [5.74, 6) is 0. The summed E-state index contributed by atoms with van der Waals surface area (Å²) in [6.07, 6.45) is 0. The van der Waals surface area contributed by atoms with E-state index in [-0.39, 0.29) is 0 Å². The number of nitriles is 1. The zero-order valence-corrected chi connectivity index (χ0v) is 12.3. The van der Waals surface area contributed by atoms with E-state index in [4.69, 9.17) is 17.3 Å². The normalized spacial score (nSPS) is 11.8. The molecule has 1 heterocycles. The Bertz CT molecular complexity index is 642. The number of benzene rings is 1. The molecule has 18 heavy (non-hydrogen) atoms. The lowest BCUT2D eigenvalue weighted by Crippen LogP contribution is -2.00. The Hall–Kier alpha value is -1.28. The number of rotatable bonds is 2. The highest BCUT2D eigenvalue weighted by molar-refractivity contribution is 9.10. The van der Waals surface area contributed by atoms with E-state index >= 15 is 0 Å².